The van der Waals surface area contributed by atoms with Crippen molar-refractivity contribution in [3.8, 4) is 10.6 Å². The predicted octanol–water partition coefficient (Wildman–Crippen LogP) is 1.09. The maximum atomic E-state index is 11.6. The van der Waals surface area contributed by atoms with E-state index in [1.54, 1.807) is 10.7 Å². The van der Waals surface area contributed by atoms with Crippen LogP contribution in [0.4, 0.5) is 4.79 Å². The SMILES string of the molecule is NC(=O)NC(=O)COC(=O)Cc1csc(-c2ccccc2)n1. The lowest BCUT2D eigenvalue weighted by Gasteiger charge is -2.02. The lowest BCUT2D eigenvalue weighted by atomic mass is 10.2. The summed E-state index contributed by atoms with van der Waals surface area (Å²) in [6, 6.07) is 8.58. The monoisotopic (exact) mass is 319 g/mol. The van der Waals surface area contributed by atoms with Gasteiger partial charge in [0.05, 0.1) is 12.1 Å². The molecule has 22 heavy (non-hydrogen) atoms. The molecule has 2 rings (SSSR count). The Balaban J connectivity index is 1.86. The Morgan fingerprint density at radius 1 is 1.23 bits per heavy atom. The molecule has 1 aromatic carbocycles. The Labute approximate surface area is 130 Å². The van der Waals surface area contributed by atoms with Gasteiger partial charge in [0, 0.05) is 10.9 Å². The second-order valence-electron chi connectivity index (χ2n) is 4.26. The highest BCUT2D eigenvalue weighted by Crippen LogP contribution is 2.23. The van der Waals surface area contributed by atoms with Crippen molar-refractivity contribution in [3.63, 3.8) is 0 Å². The summed E-state index contributed by atoms with van der Waals surface area (Å²) in [5.74, 6) is -1.38. The molecular weight excluding hydrogens is 306 g/mol. The van der Waals surface area contributed by atoms with Crippen LogP contribution in [0.1, 0.15) is 5.69 Å². The molecular formula is C14H13N3O4S. The Kier molecular flexibility index (Phi) is 5.21. The molecule has 3 N–H and O–H groups in total. The zero-order valence-corrected chi connectivity index (χ0v) is 12.3. The molecule has 0 aliphatic heterocycles. The van der Waals surface area contributed by atoms with Crippen LogP contribution >= 0.6 is 11.3 Å². The van der Waals surface area contributed by atoms with Gasteiger partial charge in [-0.15, -0.1) is 11.3 Å². The van der Waals surface area contributed by atoms with Crippen LogP contribution in [0.15, 0.2) is 35.7 Å². The van der Waals surface area contributed by atoms with Crippen LogP contribution in [0, 0.1) is 0 Å². The first-order valence-corrected chi connectivity index (χ1v) is 7.17. The molecule has 0 aliphatic rings. The van der Waals surface area contributed by atoms with Crippen LogP contribution in [-0.4, -0.2) is 29.5 Å². The predicted molar refractivity (Wildman–Crippen MR) is 79.9 cm³/mol. The summed E-state index contributed by atoms with van der Waals surface area (Å²) in [5, 5.41) is 4.35. The molecule has 0 aliphatic carbocycles. The Morgan fingerprint density at radius 2 is 1.95 bits per heavy atom. The van der Waals surface area contributed by atoms with Gasteiger partial charge in [-0.25, -0.2) is 9.78 Å². The summed E-state index contributed by atoms with van der Waals surface area (Å²) < 4.78 is 4.73. The van der Waals surface area contributed by atoms with E-state index in [-0.39, 0.29) is 6.42 Å². The van der Waals surface area contributed by atoms with E-state index < -0.39 is 24.5 Å². The molecule has 0 atom stereocenters. The molecule has 0 fully saturated rings. The van der Waals surface area contributed by atoms with Gasteiger partial charge in [0.2, 0.25) is 0 Å². The molecule has 1 aromatic heterocycles. The molecule has 114 valence electrons. The van der Waals surface area contributed by atoms with Crippen molar-refractivity contribution >= 4 is 29.2 Å². The largest absolute Gasteiger partial charge is 0.455 e. The van der Waals surface area contributed by atoms with Crippen molar-refractivity contribution in [1.29, 1.82) is 0 Å². The van der Waals surface area contributed by atoms with Gasteiger partial charge in [0.1, 0.15) is 5.01 Å². The van der Waals surface area contributed by atoms with Crippen LogP contribution in [-0.2, 0) is 20.7 Å². The topological polar surface area (TPSA) is 111 Å². The van der Waals surface area contributed by atoms with Gasteiger partial charge in [0.15, 0.2) is 6.61 Å². The normalized spacial score (nSPS) is 10.0. The van der Waals surface area contributed by atoms with E-state index in [0.29, 0.717) is 5.69 Å². The molecule has 0 saturated heterocycles. The number of ether oxygens (including phenoxy) is 1. The first kappa shape index (κ1) is 15.6. The minimum absolute atomic E-state index is 0.0484. The summed E-state index contributed by atoms with van der Waals surface area (Å²) in [6.07, 6.45) is -0.0484. The smallest absolute Gasteiger partial charge is 0.318 e. The van der Waals surface area contributed by atoms with E-state index in [2.05, 4.69) is 4.98 Å². The number of aromatic nitrogens is 1. The Morgan fingerprint density at radius 3 is 2.64 bits per heavy atom. The number of rotatable bonds is 5. The summed E-state index contributed by atoms with van der Waals surface area (Å²) in [5.41, 5.74) is 6.29. The lowest BCUT2D eigenvalue weighted by molar-refractivity contribution is -0.147. The van der Waals surface area contributed by atoms with Gasteiger partial charge in [0.25, 0.3) is 5.91 Å². The summed E-state index contributed by atoms with van der Waals surface area (Å²) in [7, 11) is 0. The van der Waals surface area contributed by atoms with Crippen molar-refractivity contribution in [1.82, 2.24) is 10.3 Å². The molecule has 2 aromatic rings. The number of esters is 1. The van der Waals surface area contributed by atoms with E-state index in [1.807, 2.05) is 30.3 Å². The maximum absolute atomic E-state index is 11.6. The van der Waals surface area contributed by atoms with Crippen LogP contribution in [0.2, 0.25) is 0 Å². The average Bonchev–Trinajstić information content (AvgIpc) is 2.94. The fourth-order valence-corrected chi connectivity index (χ4v) is 2.45. The number of nitrogens with two attached hydrogens (primary N) is 1. The number of nitrogens with zero attached hydrogens (tertiary/aromatic N) is 1. The number of hydrogen-bond acceptors (Lipinski definition) is 6. The minimum Gasteiger partial charge on any atom is -0.455 e. The van der Waals surface area contributed by atoms with Crippen LogP contribution in [0.25, 0.3) is 10.6 Å². The number of benzene rings is 1. The highest BCUT2D eigenvalue weighted by Gasteiger charge is 2.12. The van der Waals surface area contributed by atoms with Gasteiger partial charge in [-0.3, -0.25) is 14.9 Å². The van der Waals surface area contributed by atoms with E-state index in [4.69, 9.17) is 10.5 Å². The van der Waals surface area contributed by atoms with Gasteiger partial charge in [-0.05, 0) is 0 Å². The van der Waals surface area contributed by atoms with Crippen molar-refractivity contribution in [2.45, 2.75) is 6.42 Å². The lowest BCUT2D eigenvalue weighted by Crippen LogP contribution is -2.37. The van der Waals surface area contributed by atoms with Gasteiger partial charge in [-0.2, -0.15) is 0 Å². The number of primary amides is 1. The Bertz CT molecular complexity index is 684. The molecule has 8 heteroatoms. The molecule has 1 heterocycles. The zero-order valence-electron chi connectivity index (χ0n) is 11.4. The third-order valence-electron chi connectivity index (χ3n) is 2.52. The van der Waals surface area contributed by atoms with E-state index >= 15 is 0 Å². The average molecular weight is 319 g/mol. The second-order valence-corrected chi connectivity index (χ2v) is 5.12. The van der Waals surface area contributed by atoms with Gasteiger partial charge >= 0.3 is 12.0 Å². The minimum atomic E-state index is -0.993. The van der Waals surface area contributed by atoms with Crippen LogP contribution < -0.4 is 11.1 Å². The maximum Gasteiger partial charge on any atom is 0.318 e. The summed E-state index contributed by atoms with van der Waals surface area (Å²) in [4.78, 5) is 37.5. The number of imide groups is 1. The van der Waals surface area contributed by atoms with Crippen molar-refractivity contribution in [2.75, 3.05) is 6.61 Å². The number of amides is 3. The van der Waals surface area contributed by atoms with Gasteiger partial charge < -0.3 is 10.5 Å². The fraction of sp³-hybridized carbons (Fsp3) is 0.143. The molecule has 7 nitrogen and oxygen atoms in total. The third-order valence-corrected chi connectivity index (χ3v) is 3.46. The van der Waals surface area contributed by atoms with E-state index in [9.17, 15) is 14.4 Å². The van der Waals surface area contributed by atoms with Gasteiger partial charge in [-0.1, -0.05) is 30.3 Å². The summed E-state index contributed by atoms with van der Waals surface area (Å²) in [6.45, 7) is -0.558. The molecule has 3 amide bonds. The molecule has 0 spiro atoms. The highest BCUT2D eigenvalue weighted by atomic mass is 32.1. The quantitative estimate of drug-likeness (QED) is 0.801. The molecule has 0 saturated carbocycles. The van der Waals surface area contributed by atoms with E-state index in [0.717, 1.165) is 10.6 Å². The Hall–Kier alpha value is -2.74. The second kappa shape index (κ2) is 7.32. The molecule has 0 unspecified atom stereocenters. The van der Waals surface area contributed by atoms with Crippen molar-refractivity contribution < 1.29 is 19.1 Å². The van der Waals surface area contributed by atoms with Crippen LogP contribution in [0.3, 0.4) is 0 Å². The van der Waals surface area contributed by atoms with Crippen molar-refractivity contribution in [3.05, 3.63) is 41.4 Å². The fourth-order valence-electron chi connectivity index (χ4n) is 1.62. The summed E-state index contributed by atoms with van der Waals surface area (Å²) >= 11 is 1.42. The number of carbonyl (C=O) groups is 3. The highest BCUT2D eigenvalue weighted by molar-refractivity contribution is 7.13. The number of carbonyl (C=O) groups excluding carboxylic acids is 3. The zero-order chi connectivity index (χ0) is 15.9. The molecule has 0 bridgehead atoms. The first-order valence-electron chi connectivity index (χ1n) is 6.29. The standard InChI is InChI=1S/C14H13N3O4S/c15-14(20)17-11(18)7-21-12(19)6-10-8-22-13(16-10)9-4-2-1-3-5-9/h1-5,8H,6-7H2,(H3,15,17,18,20). The number of hydrogen-bond donors (Lipinski definition) is 2. The van der Waals surface area contributed by atoms with Crippen LogP contribution in [0.5, 0.6) is 0 Å². The van der Waals surface area contributed by atoms with E-state index in [1.165, 1.54) is 11.3 Å². The third kappa shape index (κ3) is 4.67. The number of nitrogens with one attached hydrogen (secondary N) is 1. The van der Waals surface area contributed by atoms with Crippen molar-refractivity contribution in [2.24, 2.45) is 5.73 Å². The molecule has 0 radical (unpaired) electrons. The first-order chi connectivity index (χ1) is 10.5. The number of thiazole rings is 1. The number of urea groups is 1.